The Morgan fingerprint density at radius 3 is 1.49 bits per heavy atom. The molecule has 1 heterocycles. The highest BCUT2D eigenvalue weighted by Crippen LogP contribution is 2.26. The van der Waals surface area contributed by atoms with Crippen LogP contribution >= 0.6 is 0 Å². The lowest BCUT2D eigenvalue weighted by molar-refractivity contribution is -0.301. The van der Waals surface area contributed by atoms with Gasteiger partial charge in [-0.3, -0.25) is 9.35 Å². The summed E-state index contributed by atoms with van der Waals surface area (Å²) in [5.41, 5.74) is 0. The van der Waals surface area contributed by atoms with Gasteiger partial charge < -0.3 is 34.3 Å². The zero-order valence-electron chi connectivity index (χ0n) is 41.3. The maximum atomic E-state index is 12.9. The van der Waals surface area contributed by atoms with E-state index in [4.69, 9.17) is 18.9 Å². The fourth-order valence-corrected chi connectivity index (χ4v) is 8.80. The summed E-state index contributed by atoms with van der Waals surface area (Å²) >= 11 is 0. The summed E-state index contributed by atoms with van der Waals surface area (Å²) in [6, 6.07) is 0. The van der Waals surface area contributed by atoms with Crippen molar-refractivity contribution in [3.63, 3.8) is 0 Å². The van der Waals surface area contributed by atoms with Gasteiger partial charge in [0.2, 0.25) is 0 Å². The fourth-order valence-electron chi connectivity index (χ4n) is 8.29. The molecule has 0 aromatic rings. The molecule has 1 fully saturated rings. The van der Waals surface area contributed by atoms with Crippen molar-refractivity contribution in [3.8, 4) is 0 Å². The molecule has 0 amide bonds. The normalized spacial score (nSPS) is 19.8. The van der Waals surface area contributed by atoms with Gasteiger partial charge in [-0.25, -0.2) is 4.18 Å². The maximum absolute atomic E-state index is 12.9. The van der Waals surface area contributed by atoms with E-state index < -0.39 is 59.8 Å². The van der Waals surface area contributed by atoms with Crippen LogP contribution in [0, 0.1) is 0 Å². The number of aliphatic hydroxyl groups is 3. The minimum Gasteiger partial charge on any atom is -0.457 e. The van der Waals surface area contributed by atoms with E-state index in [-0.39, 0.29) is 19.6 Å². The lowest BCUT2D eigenvalue weighted by Crippen LogP contribution is -2.60. The van der Waals surface area contributed by atoms with Gasteiger partial charge in [0.25, 0.3) is 0 Å². The molecule has 4 N–H and O–H groups in total. The number of esters is 1. The second-order valence-electron chi connectivity index (χ2n) is 18.5. The van der Waals surface area contributed by atoms with Crippen molar-refractivity contribution in [3.05, 3.63) is 24.3 Å². The van der Waals surface area contributed by atoms with E-state index >= 15 is 0 Å². The van der Waals surface area contributed by atoms with E-state index in [1.165, 1.54) is 161 Å². The van der Waals surface area contributed by atoms with Gasteiger partial charge in [-0.15, -0.1) is 0 Å². The fraction of sp³-hybridized carbons (Fsp3) is 0.904. The molecule has 0 aromatic heterocycles. The van der Waals surface area contributed by atoms with Crippen molar-refractivity contribution in [2.24, 2.45) is 0 Å². The number of aliphatic hydroxyl groups excluding tert-OH is 3. The Balaban J connectivity index is 2.33. The van der Waals surface area contributed by atoms with Crippen LogP contribution in [-0.4, -0.2) is 97.5 Å². The Labute approximate surface area is 397 Å². The molecule has 0 radical (unpaired) electrons. The molecule has 0 aliphatic carbocycles. The van der Waals surface area contributed by atoms with Gasteiger partial charge in [0.1, 0.15) is 30.5 Å². The average Bonchev–Trinajstić information content (AvgIpc) is 3.28. The number of carbonyl (C=O) groups excluding carboxylic acids is 1. The highest BCUT2D eigenvalue weighted by molar-refractivity contribution is 7.80. The minimum atomic E-state index is -5.06. The first-order valence-corrected chi connectivity index (χ1v) is 28.0. The predicted octanol–water partition coefficient (Wildman–Crippen LogP) is 12.4. The van der Waals surface area contributed by atoms with Crippen LogP contribution in [0.25, 0.3) is 0 Å². The van der Waals surface area contributed by atoms with Gasteiger partial charge in [-0.2, -0.15) is 8.42 Å². The maximum Gasteiger partial charge on any atom is 0.397 e. The summed E-state index contributed by atoms with van der Waals surface area (Å²) in [6.45, 7) is 4.00. The molecule has 0 spiro atoms. The van der Waals surface area contributed by atoms with Crippen LogP contribution < -0.4 is 0 Å². The standard InChI is InChI=1S/C52H98O12S/c1-3-5-7-9-11-13-15-17-19-21-22-23-24-26-28-30-32-34-36-38-40-42-60-44-46(45-61-52-50(56)51(64-65(57,58)59)49(55)47(43-53)63-52)62-48(54)41-39-37-35-33-31-29-27-25-20-18-16-14-12-10-8-6-4-2/h12,14,18,20,46-47,49-53,55-56H,3-11,13,15-17,19,21-45H2,1-2H3,(H,57,58,59)/b14-12-,20-18-. The molecule has 1 rings (SSSR count). The van der Waals surface area contributed by atoms with Gasteiger partial charge in [0.15, 0.2) is 6.29 Å². The third kappa shape index (κ3) is 37.2. The first-order chi connectivity index (χ1) is 31.6. The molecule has 0 bridgehead atoms. The van der Waals surface area contributed by atoms with E-state index in [1.807, 2.05) is 0 Å². The summed E-state index contributed by atoms with van der Waals surface area (Å²) in [6.07, 6.45) is 42.1. The molecular formula is C52H98O12S. The van der Waals surface area contributed by atoms with Crippen LogP contribution in [0.3, 0.4) is 0 Å². The molecule has 1 aliphatic rings. The van der Waals surface area contributed by atoms with Crippen LogP contribution in [0.4, 0.5) is 0 Å². The van der Waals surface area contributed by atoms with Crippen LogP contribution in [0.15, 0.2) is 24.3 Å². The summed E-state index contributed by atoms with van der Waals surface area (Å²) in [7, 11) is -5.06. The molecule has 0 saturated carbocycles. The Bertz CT molecular complexity index is 1230. The minimum absolute atomic E-state index is 0.0374. The Morgan fingerprint density at radius 2 is 1.02 bits per heavy atom. The summed E-state index contributed by atoms with van der Waals surface area (Å²) < 4.78 is 59.3. The highest BCUT2D eigenvalue weighted by atomic mass is 32.3. The zero-order valence-corrected chi connectivity index (χ0v) is 42.1. The SMILES string of the molecule is CCCCC/C=C\C/C=C\CCCCCCCCCC(=O)OC(COCCCCCCCCCCCCCCCCCCCCCCC)COC1OC(CO)C(O)C(OS(=O)(=O)O)C1O. The number of hydrogen-bond donors (Lipinski definition) is 4. The molecular weight excluding hydrogens is 849 g/mol. The van der Waals surface area contributed by atoms with E-state index in [0.717, 1.165) is 51.4 Å². The van der Waals surface area contributed by atoms with E-state index in [1.54, 1.807) is 0 Å². The number of ether oxygens (including phenoxy) is 4. The van der Waals surface area contributed by atoms with Gasteiger partial charge >= 0.3 is 16.4 Å². The Kier molecular flexibility index (Phi) is 41.5. The number of rotatable bonds is 47. The van der Waals surface area contributed by atoms with Gasteiger partial charge in [-0.05, 0) is 44.9 Å². The zero-order chi connectivity index (χ0) is 47.5. The average molecular weight is 947 g/mol. The van der Waals surface area contributed by atoms with Crippen molar-refractivity contribution >= 4 is 16.4 Å². The topological polar surface area (TPSA) is 178 Å². The Hall–Kier alpha value is -1.42. The second-order valence-corrected chi connectivity index (χ2v) is 19.5. The summed E-state index contributed by atoms with van der Waals surface area (Å²) in [5, 5.41) is 30.8. The van der Waals surface area contributed by atoms with Crippen molar-refractivity contribution in [1.82, 2.24) is 0 Å². The molecule has 0 aromatic carbocycles. The second kappa shape index (κ2) is 43.8. The van der Waals surface area contributed by atoms with Crippen molar-refractivity contribution in [2.45, 2.75) is 275 Å². The molecule has 384 valence electrons. The third-order valence-corrected chi connectivity index (χ3v) is 12.8. The first kappa shape index (κ1) is 61.6. The smallest absolute Gasteiger partial charge is 0.397 e. The van der Waals surface area contributed by atoms with E-state index in [0.29, 0.717) is 13.0 Å². The van der Waals surface area contributed by atoms with Gasteiger partial charge in [0.05, 0.1) is 19.8 Å². The van der Waals surface area contributed by atoms with Crippen molar-refractivity contribution in [2.75, 3.05) is 26.4 Å². The molecule has 13 heteroatoms. The molecule has 12 nitrogen and oxygen atoms in total. The van der Waals surface area contributed by atoms with E-state index in [9.17, 15) is 33.1 Å². The molecule has 6 unspecified atom stereocenters. The van der Waals surface area contributed by atoms with Crippen LogP contribution in [0.5, 0.6) is 0 Å². The highest BCUT2D eigenvalue weighted by Gasteiger charge is 2.48. The number of hydrogen-bond acceptors (Lipinski definition) is 11. The van der Waals surface area contributed by atoms with Crippen LogP contribution in [0.2, 0.25) is 0 Å². The quantitative estimate of drug-likeness (QED) is 0.0197. The van der Waals surface area contributed by atoms with E-state index in [2.05, 4.69) is 42.3 Å². The lowest BCUT2D eigenvalue weighted by Gasteiger charge is -2.41. The van der Waals surface area contributed by atoms with Crippen LogP contribution in [0.1, 0.15) is 239 Å². The predicted molar refractivity (Wildman–Crippen MR) is 262 cm³/mol. The third-order valence-electron chi connectivity index (χ3n) is 12.3. The number of carbonyl (C=O) groups is 1. The molecule has 1 saturated heterocycles. The molecule has 65 heavy (non-hydrogen) atoms. The lowest BCUT2D eigenvalue weighted by atomic mass is 9.99. The number of allylic oxidation sites excluding steroid dienone is 4. The van der Waals surface area contributed by atoms with Gasteiger partial charge in [0, 0.05) is 13.0 Å². The largest absolute Gasteiger partial charge is 0.457 e. The monoisotopic (exact) mass is 947 g/mol. The van der Waals surface area contributed by atoms with Crippen molar-refractivity contribution < 1.29 is 56.2 Å². The van der Waals surface area contributed by atoms with Crippen LogP contribution in [-0.2, 0) is 38.3 Å². The van der Waals surface area contributed by atoms with Gasteiger partial charge in [-0.1, -0.05) is 212 Å². The summed E-state index contributed by atoms with van der Waals surface area (Å²) in [4.78, 5) is 12.9. The van der Waals surface area contributed by atoms with Crippen molar-refractivity contribution in [1.29, 1.82) is 0 Å². The number of unbranched alkanes of at least 4 members (excludes halogenated alkanes) is 30. The Morgan fingerprint density at radius 1 is 0.585 bits per heavy atom. The summed E-state index contributed by atoms with van der Waals surface area (Å²) in [5.74, 6) is -0.403. The molecule has 1 aliphatic heterocycles. The first-order valence-electron chi connectivity index (χ1n) is 26.6. The molecule has 6 atom stereocenters.